The first kappa shape index (κ1) is 17.6. The minimum atomic E-state index is 0.0232. The van der Waals surface area contributed by atoms with Crippen molar-refractivity contribution in [2.24, 2.45) is 7.05 Å². The van der Waals surface area contributed by atoms with Crippen LogP contribution in [0.3, 0.4) is 0 Å². The minimum absolute atomic E-state index is 0.0232. The zero-order valence-electron chi connectivity index (χ0n) is 15.6. The highest BCUT2D eigenvalue weighted by Crippen LogP contribution is 2.35. The van der Waals surface area contributed by atoms with Crippen LogP contribution in [0.1, 0.15) is 42.8 Å². The molecule has 1 fully saturated rings. The summed E-state index contributed by atoms with van der Waals surface area (Å²) in [6, 6.07) is 0.383. The molecule has 8 heteroatoms. The molecule has 0 spiro atoms. The molecule has 0 aromatic carbocycles. The Bertz CT molecular complexity index is 737. The number of hydrogen-bond acceptors (Lipinski definition) is 5. The fraction of sp³-hybridized carbons (Fsp3) is 0.647. The average molecular weight is 345 g/mol. The third-order valence-electron chi connectivity index (χ3n) is 5.20. The van der Waals surface area contributed by atoms with Crippen molar-refractivity contribution in [1.29, 1.82) is 0 Å². The molecule has 3 atom stereocenters. The van der Waals surface area contributed by atoms with Crippen LogP contribution in [0.25, 0.3) is 0 Å². The SMILES string of the molecule is Cc1nn(C)c(C)c1[C@H]1[C@H](N[C@@H](C)CCn2cncn2)CC(=O)N1C. The van der Waals surface area contributed by atoms with E-state index < -0.39 is 0 Å². The molecule has 0 radical (unpaired) electrons. The van der Waals surface area contributed by atoms with E-state index in [4.69, 9.17) is 0 Å². The van der Waals surface area contributed by atoms with Crippen molar-refractivity contribution in [1.82, 2.24) is 34.8 Å². The van der Waals surface area contributed by atoms with Crippen LogP contribution in [0, 0.1) is 13.8 Å². The van der Waals surface area contributed by atoms with Crippen molar-refractivity contribution in [2.75, 3.05) is 7.05 Å². The van der Waals surface area contributed by atoms with Gasteiger partial charge < -0.3 is 10.2 Å². The molecule has 0 saturated carbocycles. The lowest BCUT2D eigenvalue weighted by Gasteiger charge is -2.28. The first-order chi connectivity index (χ1) is 11.9. The monoisotopic (exact) mass is 345 g/mol. The third kappa shape index (κ3) is 3.44. The highest BCUT2D eigenvalue weighted by atomic mass is 16.2. The van der Waals surface area contributed by atoms with E-state index >= 15 is 0 Å². The summed E-state index contributed by atoms with van der Waals surface area (Å²) in [5.41, 5.74) is 3.27. The fourth-order valence-electron chi connectivity index (χ4n) is 3.75. The Morgan fingerprint density at radius 3 is 2.72 bits per heavy atom. The number of aryl methyl sites for hydroxylation is 3. The highest BCUT2D eigenvalue weighted by molar-refractivity contribution is 5.80. The number of nitrogens with one attached hydrogen (secondary N) is 1. The minimum Gasteiger partial charge on any atom is -0.337 e. The van der Waals surface area contributed by atoms with Gasteiger partial charge in [0.15, 0.2) is 0 Å². The van der Waals surface area contributed by atoms with Crippen LogP contribution >= 0.6 is 0 Å². The highest BCUT2D eigenvalue weighted by Gasteiger charge is 2.41. The van der Waals surface area contributed by atoms with Crippen molar-refractivity contribution in [3.8, 4) is 0 Å². The molecule has 1 aliphatic heterocycles. The zero-order valence-corrected chi connectivity index (χ0v) is 15.6. The van der Waals surface area contributed by atoms with Gasteiger partial charge in [-0.05, 0) is 27.2 Å². The molecule has 0 aliphatic carbocycles. The van der Waals surface area contributed by atoms with Crippen LogP contribution in [-0.2, 0) is 18.4 Å². The first-order valence-electron chi connectivity index (χ1n) is 8.72. The van der Waals surface area contributed by atoms with E-state index in [1.165, 1.54) is 0 Å². The molecule has 25 heavy (non-hydrogen) atoms. The van der Waals surface area contributed by atoms with Gasteiger partial charge in [0.25, 0.3) is 0 Å². The van der Waals surface area contributed by atoms with Gasteiger partial charge in [-0.1, -0.05) is 0 Å². The number of hydrogen-bond donors (Lipinski definition) is 1. The van der Waals surface area contributed by atoms with E-state index in [0.29, 0.717) is 6.42 Å². The Labute approximate surface area is 148 Å². The number of carbonyl (C=O) groups is 1. The molecular formula is C17H27N7O. The first-order valence-corrected chi connectivity index (χ1v) is 8.72. The van der Waals surface area contributed by atoms with Crippen LogP contribution in [0.15, 0.2) is 12.7 Å². The summed E-state index contributed by atoms with van der Waals surface area (Å²) in [5.74, 6) is 0.175. The van der Waals surface area contributed by atoms with Crippen molar-refractivity contribution in [3.05, 3.63) is 29.6 Å². The summed E-state index contributed by atoms with van der Waals surface area (Å²) in [7, 11) is 3.84. The number of carbonyl (C=O) groups excluding carboxylic acids is 1. The maximum atomic E-state index is 12.4. The molecule has 3 rings (SSSR count). The lowest BCUT2D eigenvalue weighted by molar-refractivity contribution is -0.127. The quantitative estimate of drug-likeness (QED) is 0.844. The van der Waals surface area contributed by atoms with Gasteiger partial charge in [0.2, 0.25) is 5.91 Å². The third-order valence-corrected chi connectivity index (χ3v) is 5.20. The smallest absolute Gasteiger partial charge is 0.224 e. The summed E-state index contributed by atoms with van der Waals surface area (Å²) in [6.45, 7) is 7.04. The molecule has 8 nitrogen and oxygen atoms in total. The zero-order chi connectivity index (χ0) is 18.1. The number of likely N-dealkylation sites (N-methyl/N-ethyl adjacent to an activating group) is 1. The van der Waals surface area contributed by atoms with Gasteiger partial charge in [0, 0.05) is 50.4 Å². The predicted molar refractivity (Wildman–Crippen MR) is 93.8 cm³/mol. The van der Waals surface area contributed by atoms with Gasteiger partial charge in [-0.25, -0.2) is 4.98 Å². The van der Waals surface area contributed by atoms with E-state index in [0.717, 1.165) is 29.9 Å². The van der Waals surface area contributed by atoms with Gasteiger partial charge in [-0.15, -0.1) is 0 Å². The Hall–Kier alpha value is -2.22. The van der Waals surface area contributed by atoms with Crippen LogP contribution in [0.4, 0.5) is 0 Å². The van der Waals surface area contributed by atoms with Crippen LogP contribution in [0.5, 0.6) is 0 Å². The second-order valence-corrected chi connectivity index (χ2v) is 6.98. The van der Waals surface area contributed by atoms with Crippen molar-refractivity contribution >= 4 is 5.91 Å². The summed E-state index contributed by atoms with van der Waals surface area (Å²) in [6.07, 6.45) is 4.72. The van der Waals surface area contributed by atoms with Crippen LogP contribution in [-0.4, -0.2) is 54.5 Å². The molecule has 2 aromatic heterocycles. The van der Waals surface area contributed by atoms with Crippen LogP contribution in [0.2, 0.25) is 0 Å². The van der Waals surface area contributed by atoms with E-state index in [1.807, 2.05) is 35.3 Å². The normalized spacial score (nSPS) is 22.0. The second kappa shape index (κ2) is 6.95. The Morgan fingerprint density at radius 2 is 2.12 bits per heavy atom. The topological polar surface area (TPSA) is 80.9 Å². The summed E-state index contributed by atoms with van der Waals surface area (Å²) < 4.78 is 3.73. The number of rotatable bonds is 6. The van der Waals surface area contributed by atoms with Gasteiger partial charge >= 0.3 is 0 Å². The molecule has 2 aromatic rings. The molecule has 1 saturated heterocycles. The average Bonchev–Trinajstić information content (AvgIpc) is 3.22. The molecule has 1 amide bonds. The molecule has 136 valence electrons. The van der Waals surface area contributed by atoms with Crippen molar-refractivity contribution in [2.45, 2.75) is 58.3 Å². The van der Waals surface area contributed by atoms with Gasteiger partial charge in [0.05, 0.1) is 11.7 Å². The Kier molecular flexibility index (Phi) is 4.89. The lowest BCUT2D eigenvalue weighted by atomic mass is 9.97. The number of likely N-dealkylation sites (tertiary alicyclic amines) is 1. The standard InChI is InChI=1S/C17H27N7O/c1-11(6-7-24-10-18-9-19-24)20-14-8-15(25)22(4)17(14)16-12(2)21-23(5)13(16)3/h9-11,14,17,20H,6-8H2,1-5H3/t11-,14+,17+/m0/s1. The van der Waals surface area contributed by atoms with E-state index in [-0.39, 0.29) is 24.0 Å². The lowest BCUT2D eigenvalue weighted by Crippen LogP contribution is -2.41. The van der Waals surface area contributed by atoms with Gasteiger partial charge in [0.1, 0.15) is 12.7 Å². The molecule has 0 bridgehead atoms. The van der Waals surface area contributed by atoms with Crippen molar-refractivity contribution < 1.29 is 4.79 Å². The molecule has 1 aliphatic rings. The predicted octanol–water partition coefficient (Wildman–Crippen LogP) is 0.969. The van der Waals surface area contributed by atoms with E-state index in [1.54, 1.807) is 12.7 Å². The molecule has 3 heterocycles. The van der Waals surface area contributed by atoms with E-state index in [2.05, 4.69) is 34.3 Å². The second-order valence-electron chi connectivity index (χ2n) is 6.98. The van der Waals surface area contributed by atoms with Gasteiger partial charge in [-0.3, -0.25) is 14.2 Å². The van der Waals surface area contributed by atoms with E-state index in [9.17, 15) is 4.79 Å². The number of aromatic nitrogens is 5. The fourth-order valence-corrected chi connectivity index (χ4v) is 3.75. The van der Waals surface area contributed by atoms with Crippen LogP contribution < -0.4 is 5.32 Å². The molecular weight excluding hydrogens is 318 g/mol. The number of nitrogens with zero attached hydrogens (tertiary/aromatic N) is 6. The summed E-state index contributed by atoms with van der Waals surface area (Å²) in [5, 5.41) is 12.3. The maximum Gasteiger partial charge on any atom is 0.224 e. The largest absolute Gasteiger partial charge is 0.337 e. The summed E-state index contributed by atoms with van der Waals surface area (Å²) in [4.78, 5) is 18.2. The molecule has 1 N–H and O–H groups in total. The van der Waals surface area contributed by atoms with Crippen molar-refractivity contribution in [3.63, 3.8) is 0 Å². The Balaban J connectivity index is 1.73. The Morgan fingerprint density at radius 1 is 1.36 bits per heavy atom. The number of amides is 1. The maximum absolute atomic E-state index is 12.4. The molecule has 0 unspecified atom stereocenters. The van der Waals surface area contributed by atoms with Gasteiger partial charge in [-0.2, -0.15) is 10.2 Å². The summed E-state index contributed by atoms with van der Waals surface area (Å²) >= 11 is 0.